The van der Waals surface area contributed by atoms with Gasteiger partial charge in [-0.3, -0.25) is 4.79 Å². The monoisotopic (exact) mass is 410 g/mol. The Morgan fingerprint density at radius 2 is 1.72 bits per heavy atom. The summed E-state index contributed by atoms with van der Waals surface area (Å²) in [4.78, 5) is 12.4. The van der Waals surface area contributed by atoms with Crippen molar-refractivity contribution in [2.24, 2.45) is 5.92 Å². The maximum atomic E-state index is 12.4. The van der Waals surface area contributed by atoms with Gasteiger partial charge in [-0.15, -0.1) is 0 Å². The minimum Gasteiger partial charge on any atom is -0.466 e. The minimum atomic E-state index is -0.113. The Balaban J connectivity index is 2.03. The molecule has 0 spiro atoms. The molecule has 2 saturated heterocycles. The second kappa shape index (κ2) is 15.2. The Hall–Kier alpha value is -0.650. The second-order valence-corrected chi connectivity index (χ2v) is 8.40. The molecule has 2 aliphatic heterocycles. The zero-order valence-electron chi connectivity index (χ0n) is 18.5. The summed E-state index contributed by atoms with van der Waals surface area (Å²) < 4.78 is 23.9. The molecule has 2 rings (SSSR count). The highest BCUT2D eigenvalue weighted by molar-refractivity contribution is 5.72. The molecule has 168 valence electrons. The van der Waals surface area contributed by atoms with Crippen molar-refractivity contribution in [1.29, 1.82) is 0 Å². The molecular weight excluding hydrogens is 368 g/mol. The van der Waals surface area contributed by atoms with Crippen LogP contribution in [0.4, 0.5) is 0 Å². The molecule has 0 saturated carbocycles. The molecule has 2 radical (unpaired) electrons. The molecule has 3 atom stereocenters. The van der Waals surface area contributed by atoms with Crippen LogP contribution in [0.5, 0.6) is 0 Å². The highest BCUT2D eigenvalue weighted by Crippen LogP contribution is 2.29. The number of carbonyl (C=O) groups is 1. The number of carbonyl (C=O) groups excluding carboxylic acids is 1. The summed E-state index contributed by atoms with van der Waals surface area (Å²) in [7, 11) is 0. The van der Waals surface area contributed by atoms with Crippen molar-refractivity contribution in [1.82, 2.24) is 0 Å². The van der Waals surface area contributed by atoms with Gasteiger partial charge in [0, 0.05) is 13.0 Å². The first-order valence-corrected chi connectivity index (χ1v) is 12.0. The van der Waals surface area contributed by atoms with Crippen molar-refractivity contribution in [2.45, 2.75) is 109 Å². The first kappa shape index (κ1) is 24.6. The van der Waals surface area contributed by atoms with E-state index in [0.717, 1.165) is 58.0 Å². The highest BCUT2D eigenvalue weighted by atomic mass is 16.7. The van der Waals surface area contributed by atoms with E-state index < -0.39 is 0 Å². The zero-order valence-corrected chi connectivity index (χ0v) is 18.5. The number of rotatable bonds is 8. The number of ether oxygens (including phenoxy) is 4. The van der Waals surface area contributed by atoms with Crippen LogP contribution >= 0.6 is 0 Å². The van der Waals surface area contributed by atoms with Gasteiger partial charge < -0.3 is 18.9 Å². The average molecular weight is 411 g/mol. The van der Waals surface area contributed by atoms with Gasteiger partial charge in [-0.1, -0.05) is 45.4 Å². The largest absolute Gasteiger partial charge is 0.466 e. The van der Waals surface area contributed by atoms with Crippen LogP contribution in [0.3, 0.4) is 0 Å². The molecule has 29 heavy (non-hydrogen) atoms. The van der Waals surface area contributed by atoms with Gasteiger partial charge in [0.2, 0.25) is 6.29 Å². The van der Waals surface area contributed by atoms with Crippen LogP contribution in [-0.4, -0.2) is 38.0 Å². The molecule has 0 aliphatic carbocycles. The Kier molecular flexibility index (Phi) is 12.9. The van der Waals surface area contributed by atoms with E-state index in [1.807, 2.05) is 6.92 Å². The van der Waals surface area contributed by atoms with Crippen LogP contribution in [0.2, 0.25) is 0 Å². The average Bonchev–Trinajstić information content (AvgIpc) is 2.78. The van der Waals surface area contributed by atoms with Gasteiger partial charge in [0.15, 0.2) is 0 Å². The van der Waals surface area contributed by atoms with E-state index in [9.17, 15) is 4.79 Å². The molecule has 0 aromatic carbocycles. The minimum absolute atomic E-state index is 0.0442. The predicted octanol–water partition coefficient (Wildman–Crippen LogP) is 5.76. The summed E-state index contributed by atoms with van der Waals surface area (Å²) in [5.74, 6) is -0.217. The lowest BCUT2D eigenvalue weighted by Crippen LogP contribution is -2.27. The Morgan fingerprint density at radius 1 is 1.03 bits per heavy atom. The maximum Gasteiger partial charge on any atom is 0.308 e. The van der Waals surface area contributed by atoms with E-state index in [-0.39, 0.29) is 24.1 Å². The lowest BCUT2D eigenvalue weighted by atomic mass is 9.96. The van der Waals surface area contributed by atoms with Gasteiger partial charge in [-0.2, -0.15) is 0 Å². The molecule has 5 heteroatoms. The van der Waals surface area contributed by atoms with Crippen molar-refractivity contribution in [3.63, 3.8) is 0 Å². The fraction of sp³-hybridized carbons (Fsp3) is 0.875. The van der Waals surface area contributed by atoms with Gasteiger partial charge in [-0.05, 0) is 51.9 Å². The summed E-state index contributed by atoms with van der Waals surface area (Å²) in [6, 6.07) is 0. The molecule has 0 aromatic rings. The van der Waals surface area contributed by atoms with E-state index in [4.69, 9.17) is 18.9 Å². The van der Waals surface area contributed by atoms with Gasteiger partial charge in [-0.25, -0.2) is 0 Å². The fourth-order valence-corrected chi connectivity index (χ4v) is 4.17. The highest BCUT2D eigenvalue weighted by Gasteiger charge is 2.27. The normalized spacial score (nSPS) is 26.4. The molecule has 2 bridgehead atoms. The van der Waals surface area contributed by atoms with E-state index >= 15 is 0 Å². The molecule has 0 aromatic heterocycles. The third-order valence-corrected chi connectivity index (χ3v) is 5.89. The quantitative estimate of drug-likeness (QED) is 0.476. The molecule has 2 heterocycles. The van der Waals surface area contributed by atoms with Gasteiger partial charge in [0.25, 0.3) is 0 Å². The molecule has 5 nitrogen and oxygen atoms in total. The summed E-state index contributed by atoms with van der Waals surface area (Å²) in [6.45, 7) is 7.62. The van der Waals surface area contributed by atoms with Crippen molar-refractivity contribution in [3.05, 3.63) is 13.2 Å². The Labute approximate surface area is 178 Å². The summed E-state index contributed by atoms with van der Waals surface area (Å²) in [6.07, 6.45) is 15.1. The van der Waals surface area contributed by atoms with Crippen LogP contribution in [-0.2, 0) is 23.7 Å². The summed E-state index contributed by atoms with van der Waals surface area (Å²) >= 11 is 0. The fourth-order valence-electron chi connectivity index (χ4n) is 4.17. The van der Waals surface area contributed by atoms with E-state index in [2.05, 4.69) is 6.92 Å². The van der Waals surface area contributed by atoms with Crippen molar-refractivity contribution >= 4 is 5.97 Å². The van der Waals surface area contributed by atoms with Gasteiger partial charge >= 0.3 is 5.97 Å². The van der Waals surface area contributed by atoms with Crippen molar-refractivity contribution in [3.8, 4) is 0 Å². The van der Waals surface area contributed by atoms with Crippen molar-refractivity contribution in [2.75, 3.05) is 19.8 Å². The molecule has 0 amide bonds. The van der Waals surface area contributed by atoms with Crippen LogP contribution in [0.15, 0.2) is 0 Å². The van der Waals surface area contributed by atoms with Gasteiger partial charge in [0.05, 0.1) is 31.3 Å². The number of unbranched alkanes of at least 4 members (excludes halogenated alkanes) is 1. The van der Waals surface area contributed by atoms with E-state index in [1.54, 1.807) is 0 Å². The Morgan fingerprint density at radius 3 is 2.45 bits per heavy atom. The maximum absolute atomic E-state index is 12.4. The molecule has 2 fully saturated rings. The third kappa shape index (κ3) is 10.3. The Bertz CT molecular complexity index is 389. The molecular formula is C24H42O5. The van der Waals surface area contributed by atoms with Crippen LogP contribution < -0.4 is 0 Å². The van der Waals surface area contributed by atoms with Crippen LogP contribution in [0.25, 0.3) is 0 Å². The first-order chi connectivity index (χ1) is 14.2. The first-order valence-electron chi connectivity index (χ1n) is 12.0. The lowest BCUT2D eigenvalue weighted by Gasteiger charge is -2.27. The molecule has 3 unspecified atom stereocenters. The third-order valence-electron chi connectivity index (χ3n) is 5.89. The molecule has 2 aliphatic rings. The standard InChI is InChI=1S/C24H42O5/c1-3-5-12-20(24(25)27-4-2)16-17-23-28-21-13-8-6-7-9-15-22(29-23)19-26-18-11-10-14-21/h20-22H,1,3-19H2,2H3. The summed E-state index contributed by atoms with van der Waals surface area (Å²) in [5.41, 5.74) is 0. The SMILES string of the molecule is [CH2]CCCC(CC[C]1OC2CCCCCCC(COCCCC2)O1)C(=O)OCC. The number of esters is 1. The second-order valence-electron chi connectivity index (χ2n) is 8.40. The van der Waals surface area contributed by atoms with Crippen LogP contribution in [0.1, 0.15) is 96.8 Å². The van der Waals surface area contributed by atoms with E-state index in [0.29, 0.717) is 32.3 Å². The lowest BCUT2D eigenvalue weighted by molar-refractivity contribution is -0.150. The molecule has 0 N–H and O–H groups in total. The predicted molar refractivity (Wildman–Crippen MR) is 114 cm³/mol. The van der Waals surface area contributed by atoms with Crippen molar-refractivity contribution < 1.29 is 23.7 Å². The zero-order chi connectivity index (χ0) is 20.7. The van der Waals surface area contributed by atoms with Gasteiger partial charge in [0.1, 0.15) is 0 Å². The number of fused-ring (bicyclic) bond motifs is 4. The van der Waals surface area contributed by atoms with E-state index in [1.165, 1.54) is 25.7 Å². The van der Waals surface area contributed by atoms with Crippen LogP contribution in [0, 0.1) is 19.1 Å². The number of hydrogen-bond acceptors (Lipinski definition) is 5. The number of hydrogen-bond donors (Lipinski definition) is 0. The topological polar surface area (TPSA) is 54.0 Å². The summed E-state index contributed by atoms with van der Waals surface area (Å²) in [5, 5.41) is 0. The smallest absolute Gasteiger partial charge is 0.308 e.